The second-order valence-electron chi connectivity index (χ2n) is 6.45. The van der Waals surface area contributed by atoms with Gasteiger partial charge in [0.25, 0.3) is 0 Å². The summed E-state index contributed by atoms with van der Waals surface area (Å²) in [7, 11) is 0. The number of oxazole rings is 1. The molecule has 0 amide bonds. The Morgan fingerprint density at radius 1 is 1.32 bits per heavy atom. The standard InChI is InChI=1S/C19H25N3O3/c1-2-22(14-19(23)24)16-8-10-21(11-9-16)13-18-20-12-17(25-18)15-6-4-3-5-7-15/h3-7,12,16H,2,8-11,13-14H2,1H3,(H,23,24). The number of piperidine rings is 1. The lowest BCUT2D eigenvalue weighted by Gasteiger charge is -2.36. The zero-order valence-electron chi connectivity index (χ0n) is 14.6. The van der Waals surface area contributed by atoms with Gasteiger partial charge in [-0.3, -0.25) is 14.6 Å². The van der Waals surface area contributed by atoms with Crippen LogP contribution < -0.4 is 0 Å². The van der Waals surface area contributed by atoms with Gasteiger partial charge in [0.2, 0.25) is 5.89 Å². The van der Waals surface area contributed by atoms with E-state index in [0.29, 0.717) is 12.6 Å². The summed E-state index contributed by atoms with van der Waals surface area (Å²) in [4.78, 5) is 19.7. The van der Waals surface area contributed by atoms with Crippen molar-refractivity contribution in [2.24, 2.45) is 0 Å². The lowest BCUT2D eigenvalue weighted by molar-refractivity contribution is -0.139. The summed E-state index contributed by atoms with van der Waals surface area (Å²) < 4.78 is 5.88. The van der Waals surface area contributed by atoms with Crippen molar-refractivity contribution in [1.82, 2.24) is 14.8 Å². The maximum absolute atomic E-state index is 11.0. The van der Waals surface area contributed by atoms with E-state index >= 15 is 0 Å². The number of carboxylic acids is 1. The molecule has 6 nitrogen and oxygen atoms in total. The quantitative estimate of drug-likeness (QED) is 0.833. The molecule has 1 aliphatic rings. The highest BCUT2D eigenvalue weighted by molar-refractivity contribution is 5.69. The van der Waals surface area contributed by atoms with Crippen molar-refractivity contribution in [1.29, 1.82) is 0 Å². The number of rotatable bonds is 7. The number of nitrogens with zero attached hydrogens (tertiary/aromatic N) is 3. The van der Waals surface area contributed by atoms with Gasteiger partial charge >= 0.3 is 5.97 Å². The second kappa shape index (κ2) is 8.27. The molecule has 0 bridgehead atoms. The topological polar surface area (TPSA) is 69.8 Å². The van der Waals surface area contributed by atoms with Crippen LogP contribution in [0.2, 0.25) is 0 Å². The van der Waals surface area contributed by atoms with Crippen molar-refractivity contribution in [3.63, 3.8) is 0 Å². The molecule has 1 aromatic carbocycles. The van der Waals surface area contributed by atoms with Gasteiger partial charge in [0.1, 0.15) is 0 Å². The maximum Gasteiger partial charge on any atom is 0.317 e. The summed E-state index contributed by atoms with van der Waals surface area (Å²) in [6.07, 6.45) is 3.74. The Hall–Kier alpha value is -2.18. The van der Waals surface area contributed by atoms with Crippen molar-refractivity contribution in [2.45, 2.75) is 32.4 Å². The SMILES string of the molecule is CCN(CC(=O)O)C1CCN(Cc2ncc(-c3ccccc3)o2)CC1. The maximum atomic E-state index is 11.0. The molecule has 1 aromatic heterocycles. The van der Waals surface area contributed by atoms with Crippen LogP contribution in [0.1, 0.15) is 25.7 Å². The number of benzene rings is 1. The van der Waals surface area contributed by atoms with Crippen molar-refractivity contribution in [2.75, 3.05) is 26.2 Å². The molecule has 0 aliphatic carbocycles. The third-order valence-electron chi connectivity index (χ3n) is 4.79. The van der Waals surface area contributed by atoms with Crippen molar-refractivity contribution in [3.05, 3.63) is 42.4 Å². The van der Waals surface area contributed by atoms with Crippen LogP contribution in [0.3, 0.4) is 0 Å². The van der Waals surface area contributed by atoms with Crippen LogP contribution in [0, 0.1) is 0 Å². The Bertz CT molecular complexity index is 678. The molecule has 134 valence electrons. The van der Waals surface area contributed by atoms with Gasteiger partial charge in [-0.1, -0.05) is 37.3 Å². The van der Waals surface area contributed by atoms with E-state index in [0.717, 1.165) is 49.7 Å². The predicted octanol–water partition coefficient (Wildman–Crippen LogP) is 2.71. The summed E-state index contributed by atoms with van der Waals surface area (Å²) in [6.45, 7) is 5.49. The van der Waals surface area contributed by atoms with Crippen LogP contribution in [0.15, 0.2) is 40.9 Å². The van der Waals surface area contributed by atoms with Crippen molar-refractivity contribution >= 4 is 5.97 Å². The van der Waals surface area contributed by atoms with E-state index < -0.39 is 5.97 Å². The molecule has 0 atom stereocenters. The van der Waals surface area contributed by atoms with E-state index in [4.69, 9.17) is 9.52 Å². The highest BCUT2D eigenvalue weighted by Crippen LogP contribution is 2.22. The molecule has 1 fully saturated rings. The smallest absolute Gasteiger partial charge is 0.317 e. The molecule has 0 spiro atoms. The number of carbonyl (C=O) groups is 1. The largest absolute Gasteiger partial charge is 0.480 e. The number of aliphatic carboxylic acids is 1. The summed E-state index contributed by atoms with van der Waals surface area (Å²) in [5.74, 6) is 0.775. The predicted molar refractivity (Wildman–Crippen MR) is 95.1 cm³/mol. The molecule has 1 saturated heterocycles. The van der Waals surface area contributed by atoms with Gasteiger partial charge in [-0.25, -0.2) is 4.98 Å². The normalized spacial score (nSPS) is 16.4. The summed E-state index contributed by atoms with van der Waals surface area (Å²) in [6, 6.07) is 10.3. The van der Waals surface area contributed by atoms with E-state index in [1.165, 1.54) is 0 Å². The second-order valence-corrected chi connectivity index (χ2v) is 6.45. The van der Waals surface area contributed by atoms with E-state index in [1.807, 2.05) is 37.3 Å². The Kier molecular flexibility index (Phi) is 5.83. The minimum atomic E-state index is -0.752. The third kappa shape index (κ3) is 4.67. The van der Waals surface area contributed by atoms with E-state index in [2.05, 4.69) is 14.8 Å². The molecule has 2 heterocycles. The summed E-state index contributed by atoms with van der Waals surface area (Å²) in [5.41, 5.74) is 1.03. The van der Waals surface area contributed by atoms with Crippen molar-refractivity contribution in [3.8, 4) is 11.3 Å². The lowest BCUT2D eigenvalue weighted by Crippen LogP contribution is -2.46. The number of hydrogen-bond acceptors (Lipinski definition) is 5. The highest BCUT2D eigenvalue weighted by atomic mass is 16.4. The van der Waals surface area contributed by atoms with Crippen LogP contribution in [-0.4, -0.2) is 58.1 Å². The average Bonchev–Trinajstić information content (AvgIpc) is 3.09. The van der Waals surface area contributed by atoms with Gasteiger partial charge in [-0.05, 0) is 19.4 Å². The minimum absolute atomic E-state index is 0.126. The molecule has 1 N–H and O–H groups in total. The molecule has 6 heteroatoms. The van der Waals surface area contributed by atoms with Gasteiger partial charge in [-0.2, -0.15) is 0 Å². The third-order valence-corrected chi connectivity index (χ3v) is 4.79. The zero-order valence-corrected chi connectivity index (χ0v) is 14.6. The first-order valence-electron chi connectivity index (χ1n) is 8.84. The first-order chi connectivity index (χ1) is 12.2. The van der Waals surface area contributed by atoms with E-state index in [1.54, 1.807) is 6.20 Å². The molecular formula is C19H25N3O3. The molecule has 2 aromatic rings. The van der Waals surface area contributed by atoms with Gasteiger partial charge in [0, 0.05) is 24.7 Å². The Morgan fingerprint density at radius 3 is 2.68 bits per heavy atom. The summed E-state index contributed by atoms with van der Waals surface area (Å²) >= 11 is 0. The number of likely N-dealkylation sites (N-methyl/N-ethyl adjacent to an activating group) is 1. The summed E-state index contributed by atoms with van der Waals surface area (Å²) in [5, 5.41) is 9.02. The molecule has 0 radical (unpaired) electrons. The van der Waals surface area contributed by atoms with Gasteiger partial charge in [0.15, 0.2) is 5.76 Å². The molecule has 25 heavy (non-hydrogen) atoms. The first-order valence-corrected chi connectivity index (χ1v) is 8.84. The van der Waals surface area contributed by atoms with E-state index in [-0.39, 0.29) is 6.54 Å². The first kappa shape index (κ1) is 17.6. The fourth-order valence-corrected chi connectivity index (χ4v) is 3.43. The van der Waals surface area contributed by atoms with Crippen LogP contribution in [0.4, 0.5) is 0 Å². The Balaban J connectivity index is 1.52. The minimum Gasteiger partial charge on any atom is -0.480 e. The lowest BCUT2D eigenvalue weighted by atomic mass is 10.0. The number of aromatic nitrogens is 1. The molecular weight excluding hydrogens is 318 g/mol. The van der Waals surface area contributed by atoms with Crippen LogP contribution in [0.25, 0.3) is 11.3 Å². The van der Waals surface area contributed by atoms with Gasteiger partial charge < -0.3 is 9.52 Å². The zero-order chi connectivity index (χ0) is 17.6. The fraction of sp³-hybridized carbons (Fsp3) is 0.474. The van der Waals surface area contributed by atoms with Gasteiger partial charge in [0.05, 0.1) is 19.3 Å². The molecule has 1 aliphatic heterocycles. The monoisotopic (exact) mass is 343 g/mol. The van der Waals surface area contributed by atoms with Crippen molar-refractivity contribution < 1.29 is 14.3 Å². The Labute approximate surface area is 148 Å². The average molecular weight is 343 g/mol. The number of carboxylic acid groups (broad SMARTS) is 1. The van der Waals surface area contributed by atoms with Crippen LogP contribution in [-0.2, 0) is 11.3 Å². The molecule has 3 rings (SSSR count). The van der Waals surface area contributed by atoms with E-state index in [9.17, 15) is 4.79 Å². The number of likely N-dealkylation sites (tertiary alicyclic amines) is 1. The highest BCUT2D eigenvalue weighted by Gasteiger charge is 2.25. The Morgan fingerprint density at radius 2 is 2.04 bits per heavy atom. The molecule has 0 saturated carbocycles. The van der Waals surface area contributed by atoms with Gasteiger partial charge in [-0.15, -0.1) is 0 Å². The fourth-order valence-electron chi connectivity index (χ4n) is 3.43. The van der Waals surface area contributed by atoms with Crippen LogP contribution >= 0.6 is 0 Å². The molecule has 0 unspecified atom stereocenters. The van der Waals surface area contributed by atoms with Crippen LogP contribution in [0.5, 0.6) is 0 Å². The number of hydrogen-bond donors (Lipinski definition) is 1.